The lowest BCUT2D eigenvalue weighted by molar-refractivity contribution is 0.110. The van der Waals surface area contributed by atoms with Gasteiger partial charge in [0.25, 0.3) is 5.92 Å². The Bertz CT molecular complexity index is 577. The number of imidazole rings is 1. The number of alkyl halides is 2. The predicted molar refractivity (Wildman–Crippen MR) is 60.7 cm³/mol. The third kappa shape index (κ3) is 1.38. The molecule has 1 fully saturated rings. The number of halogens is 3. The van der Waals surface area contributed by atoms with E-state index in [9.17, 15) is 8.78 Å². The van der Waals surface area contributed by atoms with Crippen LogP contribution >= 0.6 is 15.9 Å². The summed E-state index contributed by atoms with van der Waals surface area (Å²) in [6.07, 6.45) is -0.0780. The van der Waals surface area contributed by atoms with Gasteiger partial charge in [-0.05, 0) is 18.2 Å². The summed E-state index contributed by atoms with van der Waals surface area (Å²) in [5.74, 6) is -2.78. The molecule has 1 unspecified atom stereocenters. The van der Waals surface area contributed by atoms with E-state index >= 15 is 0 Å². The minimum atomic E-state index is -2.56. The average molecular weight is 287 g/mol. The van der Waals surface area contributed by atoms with Crippen LogP contribution in [0.4, 0.5) is 8.78 Å². The number of rotatable bonds is 1. The summed E-state index contributed by atoms with van der Waals surface area (Å²) in [6.45, 7) is 0. The Balaban J connectivity index is 2.17. The van der Waals surface area contributed by atoms with Gasteiger partial charge in [-0.1, -0.05) is 15.9 Å². The van der Waals surface area contributed by atoms with E-state index in [-0.39, 0.29) is 6.42 Å². The van der Waals surface area contributed by atoms with E-state index < -0.39 is 11.8 Å². The molecule has 2 nitrogen and oxygen atoms in total. The van der Waals surface area contributed by atoms with Crippen molar-refractivity contribution in [2.45, 2.75) is 18.3 Å². The Kier molecular flexibility index (Phi) is 1.93. The van der Waals surface area contributed by atoms with Crippen LogP contribution in [0.2, 0.25) is 0 Å². The normalized spacial score (nSPS) is 22.6. The van der Waals surface area contributed by atoms with Crippen molar-refractivity contribution >= 4 is 27.0 Å². The number of nitrogens with zero attached hydrogens (tertiary/aromatic N) is 2. The molecule has 1 aliphatic carbocycles. The molecule has 1 atom stereocenters. The van der Waals surface area contributed by atoms with E-state index in [0.29, 0.717) is 5.82 Å². The van der Waals surface area contributed by atoms with Gasteiger partial charge in [0.1, 0.15) is 5.82 Å². The van der Waals surface area contributed by atoms with Crippen LogP contribution in [0.25, 0.3) is 11.0 Å². The van der Waals surface area contributed by atoms with Crippen LogP contribution in [0.3, 0.4) is 0 Å². The molecule has 1 aromatic carbocycles. The first-order valence-electron chi connectivity index (χ1n) is 4.99. The van der Waals surface area contributed by atoms with Crippen molar-refractivity contribution in [3.05, 3.63) is 28.5 Å². The number of fused-ring (bicyclic) bond motifs is 1. The average Bonchev–Trinajstić information content (AvgIpc) is 2.72. The standard InChI is InChI=1S/C11H9BrF2N2/c1-16-9-4-6(12)2-3-8(9)15-10(16)7-5-11(7,13)14/h2-4,7H,5H2,1H3. The zero-order chi connectivity index (χ0) is 11.5. The molecule has 0 bridgehead atoms. The number of hydrogen-bond acceptors (Lipinski definition) is 1. The van der Waals surface area contributed by atoms with Crippen LogP contribution in [0.15, 0.2) is 22.7 Å². The fraction of sp³-hybridized carbons (Fsp3) is 0.364. The Morgan fingerprint density at radius 2 is 2.19 bits per heavy atom. The lowest BCUT2D eigenvalue weighted by atomic mass is 10.3. The largest absolute Gasteiger partial charge is 0.331 e. The van der Waals surface area contributed by atoms with Gasteiger partial charge in [0.2, 0.25) is 0 Å². The van der Waals surface area contributed by atoms with E-state index in [1.54, 1.807) is 11.6 Å². The van der Waals surface area contributed by atoms with Gasteiger partial charge in [0.15, 0.2) is 0 Å². The zero-order valence-electron chi connectivity index (χ0n) is 8.54. The Hall–Kier alpha value is -0.970. The lowest BCUT2D eigenvalue weighted by Gasteiger charge is -2.00. The van der Waals surface area contributed by atoms with Gasteiger partial charge in [-0.2, -0.15) is 0 Å². The van der Waals surface area contributed by atoms with E-state index in [0.717, 1.165) is 15.5 Å². The first-order valence-corrected chi connectivity index (χ1v) is 5.78. The molecule has 0 N–H and O–H groups in total. The summed E-state index contributed by atoms with van der Waals surface area (Å²) in [4.78, 5) is 4.27. The van der Waals surface area contributed by atoms with Crippen molar-refractivity contribution in [3.63, 3.8) is 0 Å². The Morgan fingerprint density at radius 3 is 2.81 bits per heavy atom. The molecular weight excluding hydrogens is 278 g/mol. The van der Waals surface area contributed by atoms with E-state index in [2.05, 4.69) is 20.9 Å². The molecular formula is C11H9BrF2N2. The first-order chi connectivity index (χ1) is 7.49. The van der Waals surface area contributed by atoms with E-state index in [1.165, 1.54) is 0 Å². The van der Waals surface area contributed by atoms with Crippen LogP contribution in [-0.4, -0.2) is 15.5 Å². The van der Waals surface area contributed by atoms with Gasteiger partial charge in [-0.15, -0.1) is 0 Å². The summed E-state index contributed by atoms with van der Waals surface area (Å²) in [5.41, 5.74) is 1.65. The molecule has 1 aromatic heterocycles. The number of aryl methyl sites for hydroxylation is 1. The molecule has 0 aliphatic heterocycles. The van der Waals surface area contributed by atoms with Crippen LogP contribution in [-0.2, 0) is 7.05 Å². The fourth-order valence-corrected chi connectivity index (χ4v) is 2.34. The summed E-state index contributed by atoms with van der Waals surface area (Å²) in [5, 5.41) is 0. The summed E-state index contributed by atoms with van der Waals surface area (Å²) in [6, 6.07) is 5.60. The van der Waals surface area contributed by atoms with Gasteiger partial charge >= 0.3 is 0 Å². The smallest absolute Gasteiger partial charge is 0.259 e. The highest BCUT2D eigenvalue weighted by molar-refractivity contribution is 9.10. The first kappa shape index (κ1) is 10.2. The third-order valence-electron chi connectivity index (χ3n) is 3.02. The maximum absolute atomic E-state index is 13.0. The monoisotopic (exact) mass is 286 g/mol. The Labute approximate surface area is 99.4 Å². The van der Waals surface area contributed by atoms with Crippen molar-refractivity contribution < 1.29 is 8.78 Å². The summed E-state index contributed by atoms with van der Waals surface area (Å²) < 4.78 is 28.7. The van der Waals surface area contributed by atoms with Crippen molar-refractivity contribution in [1.82, 2.24) is 9.55 Å². The molecule has 0 spiro atoms. The van der Waals surface area contributed by atoms with Crippen LogP contribution in [0.5, 0.6) is 0 Å². The molecule has 0 radical (unpaired) electrons. The van der Waals surface area contributed by atoms with Crippen molar-refractivity contribution in [1.29, 1.82) is 0 Å². The number of hydrogen-bond donors (Lipinski definition) is 0. The second-order valence-electron chi connectivity index (χ2n) is 4.18. The highest BCUT2D eigenvalue weighted by Crippen LogP contribution is 2.55. The second-order valence-corrected chi connectivity index (χ2v) is 5.10. The maximum atomic E-state index is 13.0. The van der Waals surface area contributed by atoms with Gasteiger partial charge in [0.05, 0.1) is 17.0 Å². The molecule has 3 rings (SSSR count). The summed E-state index contributed by atoms with van der Waals surface area (Å²) in [7, 11) is 1.78. The zero-order valence-corrected chi connectivity index (χ0v) is 10.1. The minimum absolute atomic E-state index is 0.0780. The molecule has 0 saturated heterocycles. The molecule has 1 aliphatic rings. The highest BCUT2D eigenvalue weighted by Gasteiger charge is 2.59. The SMILES string of the molecule is Cn1c(C2CC2(F)F)nc2ccc(Br)cc21. The Morgan fingerprint density at radius 1 is 1.50 bits per heavy atom. The molecule has 84 valence electrons. The minimum Gasteiger partial charge on any atom is -0.331 e. The second kappa shape index (κ2) is 3.03. The van der Waals surface area contributed by atoms with E-state index in [4.69, 9.17) is 0 Å². The number of benzene rings is 1. The predicted octanol–water partition coefficient (Wildman–Crippen LogP) is 3.46. The molecule has 1 heterocycles. The van der Waals surface area contributed by atoms with Crippen molar-refractivity contribution in [2.75, 3.05) is 0 Å². The maximum Gasteiger partial charge on any atom is 0.259 e. The van der Waals surface area contributed by atoms with Gasteiger partial charge < -0.3 is 4.57 Å². The molecule has 5 heteroatoms. The lowest BCUT2D eigenvalue weighted by Crippen LogP contribution is -2.00. The molecule has 16 heavy (non-hydrogen) atoms. The van der Waals surface area contributed by atoms with E-state index in [1.807, 2.05) is 18.2 Å². The van der Waals surface area contributed by atoms with Gasteiger partial charge in [-0.3, -0.25) is 0 Å². The van der Waals surface area contributed by atoms with Crippen molar-refractivity contribution in [3.8, 4) is 0 Å². The quantitative estimate of drug-likeness (QED) is 0.785. The number of aromatic nitrogens is 2. The highest BCUT2D eigenvalue weighted by atomic mass is 79.9. The molecule has 2 aromatic rings. The van der Waals surface area contributed by atoms with Crippen LogP contribution in [0, 0.1) is 0 Å². The van der Waals surface area contributed by atoms with Crippen LogP contribution < -0.4 is 0 Å². The van der Waals surface area contributed by atoms with Gasteiger partial charge in [0, 0.05) is 17.9 Å². The third-order valence-corrected chi connectivity index (χ3v) is 3.51. The van der Waals surface area contributed by atoms with Crippen LogP contribution in [0.1, 0.15) is 18.2 Å². The molecule has 1 saturated carbocycles. The topological polar surface area (TPSA) is 17.8 Å². The molecule has 0 amide bonds. The van der Waals surface area contributed by atoms with Gasteiger partial charge in [-0.25, -0.2) is 13.8 Å². The summed E-state index contributed by atoms with van der Waals surface area (Å²) >= 11 is 3.36. The fourth-order valence-electron chi connectivity index (χ4n) is 1.99. The van der Waals surface area contributed by atoms with Crippen molar-refractivity contribution in [2.24, 2.45) is 7.05 Å².